The smallest absolute Gasteiger partial charge is 0.338 e. The molecule has 0 aliphatic heterocycles. The van der Waals surface area contributed by atoms with Crippen LogP contribution in [0, 0.1) is 0 Å². The van der Waals surface area contributed by atoms with Gasteiger partial charge in [0, 0.05) is 11.2 Å². The molecule has 0 unspecified atom stereocenters. The zero-order valence-electron chi connectivity index (χ0n) is 12.3. The first-order chi connectivity index (χ1) is 11.0. The third-order valence-corrected chi connectivity index (χ3v) is 4.38. The van der Waals surface area contributed by atoms with E-state index in [0.717, 1.165) is 24.8 Å². The van der Waals surface area contributed by atoms with Gasteiger partial charge in [0.2, 0.25) is 5.91 Å². The summed E-state index contributed by atoms with van der Waals surface area (Å²) >= 11 is 6.05. The largest absolute Gasteiger partial charge is 0.478 e. The Morgan fingerprint density at radius 2 is 2.17 bits per heavy atom. The first-order valence-electron chi connectivity index (χ1n) is 7.31. The van der Waals surface area contributed by atoms with Crippen LogP contribution in [0.25, 0.3) is 0 Å². The van der Waals surface area contributed by atoms with E-state index in [-0.39, 0.29) is 23.6 Å². The van der Waals surface area contributed by atoms with Gasteiger partial charge in [0.15, 0.2) is 0 Å². The SMILES string of the molecule is O=C(Cn1cc(C(=O)O)cn1)NC1(c2cccc(Cl)c2)CCC1. The second kappa shape index (κ2) is 6.04. The molecule has 1 aliphatic carbocycles. The number of rotatable bonds is 5. The molecular weight excluding hydrogens is 318 g/mol. The highest BCUT2D eigenvalue weighted by Crippen LogP contribution is 2.41. The minimum absolute atomic E-state index is 0.0183. The summed E-state index contributed by atoms with van der Waals surface area (Å²) in [4.78, 5) is 23.1. The minimum Gasteiger partial charge on any atom is -0.478 e. The molecule has 6 nitrogen and oxygen atoms in total. The Bertz CT molecular complexity index is 753. The Hall–Kier alpha value is -2.34. The Morgan fingerprint density at radius 3 is 2.74 bits per heavy atom. The Morgan fingerprint density at radius 1 is 1.39 bits per heavy atom. The van der Waals surface area contributed by atoms with Crippen LogP contribution in [0.1, 0.15) is 35.2 Å². The number of carboxylic acid groups (broad SMARTS) is 1. The molecule has 3 rings (SSSR count). The fourth-order valence-corrected chi connectivity index (χ4v) is 3.01. The molecule has 23 heavy (non-hydrogen) atoms. The van der Waals surface area contributed by atoms with E-state index >= 15 is 0 Å². The van der Waals surface area contributed by atoms with Gasteiger partial charge in [0.05, 0.1) is 17.3 Å². The Labute approximate surface area is 138 Å². The van der Waals surface area contributed by atoms with Gasteiger partial charge in [-0.3, -0.25) is 9.48 Å². The highest BCUT2D eigenvalue weighted by atomic mass is 35.5. The molecule has 0 saturated heterocycles. The van der Waals surface area contributed by atoms with Crippen molar-refractivity contribution in [1.29, 1.82) is 0 Å². The van der Waals surface area contributed by atoms with Crippen molar-refractivity contribution in [3.63, 3.8) is 0 Å². The number of halogens is 1. The first-order valence-corrected chi connectivity index (χ1v) is 7.69. The zero-order chi connectivity index (χ0) is 16.4. The molecular formula is C16H16ClN3O3. The molecule has 1 aromatic heterocycles. The monoisotopic (exact) mass is 333 g/mol. The molecule has 0 radical (unpaired) electrons. The average Bonchev–Trinajstić information content (AvgIpc) is 2.91. The number of nitrogens with one attached hydrogen (secondary N) is 1. The summed E-state index contributed by atoms with van der Waals surface area (Å²) in [7, 11) is 0. The fraction of sp³-hybridized carbons (Fsp3) is 0.312. The number of nitrogens with zero attached hydrogens (tertiary/aromatic N) is 2. The van der Waals surface area contributed by atoms with Crippen LogP contribution in [0.15, 0.2) is 36.7 Å². The van der Waals surface area contributed by atoms with Crippen LogP contribution < -0.4 is 5.32 Å². The topological polar surface area (TPSA) is 84.2 Å². The summed E-state index contributed by atoms with van der Waals surface area (Å²) in [5, 5.41) is 16.5. The summed E-state index contributed by atoms with van der Waals surface area (Å²) in [5.41, 5.74) is 0.674. The van der Waals surface area contributed by atoms with Crippen LogP contribution in [-0.2, 0) is 16.9 Å². The van der Waals surface area contributed by atoms with Gasteiger partial charge in [-0.1, -0.05) is 23.7 Å². The lowest BCUT2D eigenvalue weighted by molar-refractivity contribution is -0.125. The summed E-state index contributed by atoms with van der Waals surface area (Å²) in [6.07, 6.45) is 5.33. The molecule has 1 aromatic carbocycles. The molecule has 7 heteroatoms. The van der Waals surface area contributed by atoms with E-state index in [0.29, 0.717) is 5.02 Å². The van der Waals surface area contributed by atoms with Gasteiger partial charge in [-0.05, 0) is 37.0 Å². The Balaban J connectivity index is 1.71. The zero-order valence-corrected chi connectivity index (χ0v) is 13.1. The Kier molecular flexibility index (Phi) is 4.09. The van der Waals surface area contributed by atoms with Crippen molar-refractivity contribution in [3.05, 3.63) is 52.8 Å². The third kappa shape index (κ3) is 3.22. The molecule has 1 fully saturated rings. The summed E-state index contributed by atoms with van der Waals surface area (Å²) < 4.78 is 1.32. The van der Waals surface area contributed by atoms with Crippen LogP contribution >= 0.6 is 11.6 Å². The van der Waals surface area contributed by atoms with E-state index in [9.17, 15) is 9.59 Å². The molecule has 120 valence electrons. The van der Waals surface area contributed by atoms with Crippen LogP contribution in [0.4, 0.5) is 0 Å². The maximum Gasteiger partial charge on any atom is 0.338 e. The minimum atomic E-state index is -1.06. The molecule has 2 aromatic rings. The van der Waals surface area contributed by atoms with Crippen molar-refractivity contribution in [1.82, 2.24) is 15.1 Å². The predicted octanol–water partition coefficient (Wildman–Crippen LogP) is 2.43. The number of aromatic carboxylic acids is 1. The predicted molar refractivity (Wildman–Crippen MR) is 84.3 cm³/mol. The number of amides is 1. The van der Waals surface area contributed by atoms with Gasteiger partial charge in [-0.2, -0.15) is 5.10 Å². The maximum atomic E-state index is 12.3. The van der Waals surface area contributed by atoms with E-state index in [1.54, 1.807) is 6.07 Å². The van der Waals surface area contributed by atoms with Crippen LogP contribution in [0.5, 0.6) is 0 Å². The molecule has 2 N–H and O–H groups in total. The van der Waals surface area contributed by atoms with Crippen LogP contribution in [0.3, 0.4) is 0 Å². The maximum absolute atomic E-state index is 12.3. The van der Waals surface area contributed by atoms with Crippen molar-refractivity contribution in [2.45, 2.75) is 31.3 Å². The molecule has 1 amide bonds. The normalized spacial score (nSPS) is 15.7. The van der Waals surface area contributed by atoms with E-state index in [1.807, 2.05) is 18.2 Å². The van der Waals surface area contributed by atoms with Crippen molar-refractivity contribution >= 4 is 23.5 Å². The lowest BCUT2D eigenvalue weighted by Gasteiger charge is -2.43. The average molecular weight is 334 g/mol. The number of hydrogen-bond acceptors (Lipinski definition) is 3. The van der Waals surface area contributed by atoms with Gasteiger partial charge in [0.1, 0.15) is 6.54 Å². The molecule has 1 aliphatic rings. The van der Waals surface area contributed by atoms with Crippen molar-refractivity contribution in [2.75, 3.05) is 0 Å². The number of carboxylic acids is 1. The lowest BCUT2D eigenvalue weighted by atomic mass is 9.72. The molecule has 0 bridgehead atoms. The number of hydrogen-bond donors (Lipinski definition) is 2. The van der Waals surface area contributed by atoms with Crippen LogP contribution in [0.2, 0.25) is 5.02 Å². The van der Waals surface area contributed by atoms with Gasteiger partial charge >= 0.3 is 5.97 Å². The summed E-state index contributed by atoms with van der Waals surface area (Å²) in [5.74, 6) is -1.27. The molecule has 0 spiro atoms. The second-order valence-electron chi connectivity index (χ2n) is 5.73. The highest BCUT2D eigenvalue weighted by Gasteiger charge is 2.40. The number of benzene rings is 1. The van der Waals surface area contributed by atoms with Gasteiger partial charge in [-0.25, -0.2) is 4.79 Å². The number of carbonyl (C=O) groups excluding carboxylic acids is 1. The van der Waals surface area contributed by atoms with E-state index in [2.05, 4.69) is 10.4 Å². The molecule has 1 saturated carbocycles. The van der Waals surface area contributed by atoms with Gasteiger partial charge in [-0.15, -0.1) is 0 Å². The van der Waals surface area contributed by atoms with E-state index < -0.39 is 5.97 Å². The third-order valence-electron chi connectivity index (χ3n) is 4.15. The lowest BCUT2D eigenvalue weighted by Crippen LogP contribution is -2.51. The standard InChI is InChI=1S/C16H16ClN3O3/c17-13-4-1-3-12(7-13)16(5-2-6-16)19-14(21)10-20-9-11(8-18-20)15(22)23/h1,3-4,7-9H,2,5-6,10H2,(H,19,21)(H,22,23). The van der Waals surface area contributed by atoms with Gasteiger partial charge in [0.25, 0.3) is 0 Å². The first kappa shape index (κ1) is 15.6. The van der Waals surface area contributed by atoms with Gasteiger partial charge < -0.3 is 10.4 Å². The van der Waals surface area contributed by atoms with E-state index in [1.165, 1.54) is 17.1 Å². The van der Waals surface area contributed by atoms with Crippen molar-refractivity contribution in [3.8, 4) is 0 Å². The number of aromatic nitrogens is 2. The number of carbonyl (C=O) groups is 2. The van der Waals surface area contributed by atoms with Crippen molar-refractivity contribution < 1.29 is 14.7 Å². The fourth-order valence-electron chi connectivity index (χ4n) is 2.82. The molecule has 0 atom stereocenters. The summed E-state index contributed by atoms with van der Waals surface area (Å²) in [6, 6.07) is 7.51. The van der Waals surface area contributed by atoms with Crippen molar-refractivity contribution in [2.24, 2.45) is 0 Å². The summed E-state index contributed by atoms with van der Waals surface area (Å²) in [6.45, 7) is -0.0183. The second-order valence-corrected chi connectivity index (χ2v) is 6.16. The highest BCUT2D eigenvalue weighted by molar-refractivity contribution is 6.30. The van der Waals surface area contributed by atoms with Crippen LogP contribution in [-0.4, -0.2) is 26.8 Å². The quantitative estimate of drug-likeness (QED) is 0.880. The van der Waals surface area contributed by atoms with E-state index in [4.69, 9.17) is 16.7 Å². The molecule has 1 heterocycles.